The van der Waals surface area contributed by atoms with Gasteiger partial charge in [0.2, 0.25) is 0 Å². The summed E-state index contributed by atoms with van der Waals surface area (Å²) in [6.07, 6.45) is 0. The molecule has 0 unspecified atom stereocenters. The van der Waals surface area contributed by atoms with Crippen molar-refractivity contribution in [2.75, 3.05) is 0 Å². The van der Waals surface area contributed by atoms with Crippen LogP contribution in [-0.2, 0) is 0 Å². The van der Waals surface area contributed by atoms with Crippen LogP contribution >= 0.6 is 12.4 Å². The molecule has 2 aromatic carbocycles. The molecule has 0 radical (unpaired) electrons. The summed E-state index contributed by atoms with van der Waals surface area (Å²) in [5, 5.41) is 15.4. The third-order valence-electron chi connectivity index (χ3n) is 3.01. The van der Waals surface area contributed by atoms with Crippen LogP contribution in [0.2, 0.25) is 0 Å². The quantitative estimate of drug-likeness (QED) is 0.516. The highest BCUT2D eigenvalue weighted by molar-refractivity contribution is 5.95. The van der Waals surface area contributed by atoms with Gasteiger partial charge < -0.3 is 11.5 Å². The lowest BCUT2D eigenvalue weighted by atomic mass is 9.97. The Hall–Kier alpha value is -2.53. The van der Waals surface area contributed by atoms with Gasteiger partial charge in [-0.1, -0.05) is 60.7 Å². The molecule has 0 amide bonds. The van der Waals surface area contributed by atoms with Gasteiger partial charge in [0.25, 0.3) is 0 Å². The normalized spacial score (nSPS) is 9.76. The van der Waals surface area contributed by atoms with Crippen LogP contribution in [-0.4, -0.2) is 16.8 Å². The van der Waals surface area contributed by atoms with Crippen molar-refractivity contribution in [1.82, 2.24) is 4.90 Å². The van der Waals surface area contributed by atoms with Crippen LogP contribution in [0.5, 0.6) is 0 Å². The molecule has 5 nitrogen and oxygen atoms in total. The van der Waals surface area contributed by atoms with E-state index in [1.807, 2.05) is 60.7 Å². The second kappa shape index (κ2) is 7.31. The molecule has 2 rings (SSSR count). The van der Waals surface area contributed by atoms with Crippen molar-refractivity contribution in [2.45, 2.75) is 6.04 Å². The highest BCUT2D eigenvalue weighted by Crippen LogP contribution is 2.27. The molecule has 2 aromatic rings. The lowest BCUT2D eigenvalue weighted by molar-refractivity contribution is 0.498. The van der Waals surface area contributed by atoms with Gasteiger partial charge in [-0.25, -0.2) is 0 Å². The third-order valence-corrected chi connectivity index (χ3v) is 3.01. The molecule has 110 valence electrons. The highest BCUT2D eigenvalue weighted by Gasteiger charge is 2.25. The maximum absolute atomic E-state index is 7.69. The number of hydrogen-bond acceptors (Lipinski definition) is 2. The van der Waals surface area contributed by atoms with E-state index in [1.165, 1.54) is 4.90 Å². The minimum absolute atomic E-state index is 0. The first-order chi connectivity index (χ1) is 9.61. The molecule has 21 heavy (non-hydrogen) atoms. The Balaban J connectivity index is 0.00000220. The minimum Gasteiger partial charge on any atom is -0.370 e. The van der Waals surface area contributed by atoms with Crippen LogP contribution in [0.25, 0.3) is 0 Å². The van der Waals surface area contributed by atoms with E-state index in [0.29, 0.717) is 0 Å². The monoisotopic (exact) mass is 303 g/mol. The number of guanidine groups is 2. The van der Waals surface area contributed by atoms with Crippen LogP contribution in [0.3, 0.4) is 0 Å². The topological polar surface area (TPSA) is 103 Å². The lowest BCUT2D eigenvalue weighted by Gasteiger charge is -2.31. The van der Waals surface area contributed by atoms with E-state index in [1.54, 1.807) is 0 Å². The van der Waals surface area contributed by atoms with Gasteiger partial charge in [0.15, 0.2) is 11.9 Å². The molecular weight excluding hydrogens is 286 g/mol. The van der Waals surface area contributed by atoms with Crippen LogP contribution in [0.1, 0.15) is 17.2 Å². The van der Waals surface area contributed by atoms with Crippen LogP contribution in [0, 0.1) is 10.8 Å². The molecule has 0 aliphatic carbocycles. The average Bonchev–Trinajstić information content (AvgIpc) is 2.45. The summed E-state index contributed by atoms with van der Waals surface area (Å²) in [6, 6.07) is 18.8. The number of nitrogens with zero attached hydrogens (tertiary/aromatic N) is 1. The van der Waals surface area contributed by atoms with E-state index in [2.05, 4.69) is 0 Å². The molecule has 0 heterocycles. The van der Waals surface area contributed by atoms with Crippen molar-refractivity contribution in [3.63, 3.8) is 0 Å². The van der Waals surface area contributed by atoms with Gasteiger partial charge in [0.05, 0.1) is 6.04 Å². The molecule has 0 bridgehead atoms. The van der Waals surface area contributed by atoms with E-state index in [9.17, 15) is 0 Å². The largest absolute Gasteiger partial charge is 0.370 e. The first-order valence-corrected chi connectivity index (χ1v) is 6.18. The van der Waals surface area contributed by atoms with E-state index < -0.39 is 0 Å². The number of halogens is 1. The van der Waals surface area contributed by atoms with Gasteiger partial charge in [-0.3, -0.25) is 15.7 Å². The summed E-state index contributed by atoms with van der Waals surface area (Å²) in [5.74, 6) is -0.509. The van der Waals surface area contributed by atoms with E-state index in [0.717, 1.165) is 11.1 Å². The van der Waals surface area contributed by atoms with Gasteiger partial charge in [-0.15, -0.1) is 12.4 Å². The Labute approximate surface area is 130 Å². The maximum atomic E-state index is 7.69. The zero-order valence-corrected chi connectivity index (χ0v) is 12.2. The van der Waals surface area contributed by atoms with Gasteiger partial charge in [0, 0.05) is 0 Å². The van der Waals surface area contributed by atoms with Crippen molar-refractivity contribution < 1.29 is 0 Å². The fourth-order valence-corrected chi connectivity index (χ4v) is 2.17. The zero-order chi connectivity index (χ0) is 14.5. The SMILES string of the molecule is Cl.N=C(N)N(C(=N)N)C(c1ccccc1)c1ccccc1. The Morgan fingerprint density at radius 2 is 1.10 bits per heavy atom. The highest BCUT2D eigenvalue weighted by atomic mass is 35.5. The maximum Gasteiger partial charge on any atom is 0.196 e. The average molecular weight is 304 g/mol. The Bertz CT molecular complexity index is 546. The second-order valence-electron chi connectivity index (χ2n) is 4.36. The zero-order valence-electron chi connectivity index (χ0n) is 11.4. The van der Waals surface area contributed by atoms with Crippen LogP contribution in [0.4, 0.5) is 0 Å². The Kier molecular flexibility index (Phi) is 5.75. The number of hydrogen-bond donors (Lipinski definition) is 4. The van der Waals surface area contributed by atoms with Crippen LogP contribution in [0.15, 0.2) is 60.7 Å². The van der Waals surface area contributed by atoms with Crippen molar-refractivity contribution >= 4 is 24.3 Å². The summed E-state index contributed by atoms with van der Waals surface area (Å²) in [7, 11) is 0. The summed E-state index contributed by atoms with van der Waals surface area (Å²) in [5.41, 5.74) is 13.0. The smallest absolute Gasteiger partial charge is 0.196 e. The number of nitrogens with one attached hydrogen (secondary N) is 2. The summed E-state index contributed by atoms with van der Waals surface area (Å²) >= 11 is 0. The summed E-state index contributed by atoms with van der Waals surface area (Å²) in [6.45, 7) is 0. The third kappa shape index (κ3) is 3.73. The predicted octanol–water partition coefficient (Wildman–Crippen LogP) is 2.29. The molecule has 0 spiro atoms. The standard InChI is InChI=1S/C15H17N5.ClH/c16-14(17)20(15(18)19)13(11-7-3-1-4-8-11)12-9-5-2-6-10-12;/h1-10,13H,(H3,16,17)(H3,18,19);1H. The van der Waals surface area contributed by atoms with Gasteiger partial charge in [-0.05, 0) is 11.1 Å². The molecule has 0 aliphatic heterocycles. The Morgan fingerprint density at radius 3 is 1.38 bits per heavy atom. The van der Waals surface area contributed by atoms with E-state index in [-0.39, 0.29) is 30.4 Å². The molecular formula is C15H18ClN5. The van der Waals surface area contributed by atoms with Crippen molar-refractivity contribution in [2.24, 2.45) is 11.5 Å². The van der Waals surface area contributed by atoms with Crippen molar-refractivity contribution in [3.05, 3.63) is 71.8 Å². The van der Waals surface area contributed by atoms with Gasteiger partial charge >= 0.3 is 0 Å². The summed E-state index contributed by atoms with van der Waals surface area (Å²) in [4.78, 5) is 1.30. The van der Waals surface area contributed by atoms with Gasteiger partial charge in [0.1, 0.15) is 0 Å². The molecule has 0 atom stereocenters. The first kappa shape index (κ1) is 16.5. The summed E-state index contributed by atoms with van der Waals surface area (Å²) < 4.78 is 0. The minimum atomic E-state index is -0.382. The van der Waals surface area contributed by atoms with Crippen LogP contribution < -0.4 is 11.5 Å². The molecule has 0 aromatic heterocycles. The number of nitrogens with two attached hydrogens (primary N) is 2. The fourth-order valence-electron chi connectivity index (χ4n) is 2.17. The number of benzene rings is 2. The van der Waals surface area contributed by atoms with Crippen molar-refractivity contribution in [1.29, 1.82) is 10.8 Å². The fraction of sp³-hybridized carbons (Fsp3) is 0.0667. The van der Waals surface area contributed by atoms with E-state index >= 15 is 0 Å². The molecule has 0 fully saturated rings. The predicted molar refractivity (Wildman–Crippen MR) is 87.6 cm³/mol. The molecule has 0 saturated heterocycles. The number of rotatable bonds is 3. The first-order valence-electron chi connectivity index (χ1n) is 6.18. The van der Waals surface area contributed by atoms with Gasteiger partial charge in [-0.2, -0.15) is 0 Å². The van der Waals surface area contributed by atoms with Crippen molar-refractivity contribution in [3.8, 4) is 0 Å². The Morgan fingerprint density at radius 1 is 0.762 bits per heavy atom. The molecule has 0 saturated carbocycles. The lowest BCUT2D eigenvalue weighted by Crippen LogP contribution is -2.47. The second-order valence-corrected chi connectivity index (χ2v) is 4.36. The molecule has 6 N–H and O–H groups in total. The molecule has 6 heteroatoms. The van der Waals surface area contributed by atoms with E-state index in [4.69, 9.17) is 22.3 Å². The molecule has 0 aliphatic rings.